The Balaban J connectivity index is 1.96. The van der Waals surface area contributed by atoms with E-state index in [1.807, 2.05) is 42.5 Å². The van der Waals surface area contributed by atoms with Crippen molar-refractivity contribution in [1.29, 1.82) is 0 Å². The van der Waals surface area contributed by atoms with Gasteiger partial charge in [-0.15, -0.1) is 0 Å². The molecule has 0 aromatic heterocycles. The summed E-state index contributed by atoms with van der Waals surface area (Å²) in [5.74, 6) is 0.936. The molecule has 106 valence electrons. The Morgan fingerprint density at radius 1 is 1.05 bits per heavy atom. The molecule has 0 amide bonds. The van der Waals surface area contributed by atoms with Crippen LogP contribution in [-0.4, -0.2) is 6.54 Å². The van der Waals surface area contributed by atoms with E-state index in [9.17, 15) is 0 Å². The topological polar surface area (TPSA) is 21.3 Å². The van der Waals surface area contributed by atoms with E-state index in [0.717, 1.165) is 35.8 Å². The number of hydrogen-bond donors (Lipinski definition) is 1. The number of ether oxygens (including phenoxy) is 1. The molecule has 0 saturated carbocycles. The third-order valence-corrected chi connectivity index (χ3v) is 3.27. The van der Waals surface area contributed by atoms with E-state index < -0.39 is 0 Å². The van der Waals surface area contributed by atoms with Crippen molar-refractivity contribution in [2.24, 2.45) is 0 Å². The maximum Gasteiger partial charge on any atom is 0.124 e. The van der Waals surface area contributed by atoms with Gasteiger partial charge in [0.1, 0.15) is 12.4 Å². The Bertz CT molecular complexity index is 525. The van der Waals surface area contributed by atoms with Crippen LogP contribution in [0.2, 0.25) is 5.02 Å². The SMILES string of the molecule is CCCNCc1ccccc1OCc1ccc(Cl)cc1. The van der Waals surface area contributed by atoms with Crippen molar-refractivity contribution < 1.29 is 4.74 Å². The Kier molecular flexibility index (Phi) is 5.90. The van der Waals surface area contributed by atoms with Crippen LogP contribution in [-0.2, 0) is 13.2 Å². The molecule has 0 atom stereocenters. The zero-order valence-electron chi connectivity index (χ0n) is 11.7. The van der Waals surface area contributed by atoms with Gasteiger partial charge in [-0.3, -0.25) is 0 Å². The molecule has 1 N–H and O–H groups in total. The van der Waals surface area contributed by atoms with Gasteiger partial charge in [0.2, 0.25) is 0 Å². The quantitative estimate of drug-likeness (QED) is 0.762. The van der Waals surface area contributed by atoms with Crippen LogP contribution in [0.4, 0.5) is 0 Å². The molecule has 0 aliphatic carbocycles. The van der Waals surface area contributed by atoms with Gasteiger partial charge in [-0.1, -0.05) is 48.9 Å². The molecule has 0 aliphatic heterocycles. The summed E-state index contributed by atoms with van der Waals surface area (Å²) in [6.45, 7) is 4.58. The third-order valence-electron chi connectivity index (χ3n) is 3.02. The number of halogens is 1. The van der Waals surface area contributed by atoms with Crippen molar-refractivity contribution in [3.05, 3.63) is 64.7 Å². The van der Waals surface area contributed by atoms with Crippen LogP contribution in [0.5, 0.6) is 5.75 Å². The van der Waals surface area contributed by atoms with E-state index in [0.29, 0.717) is 6.61 Å². The Labute approximate surface area is 125 Å². The van der Waals surface area contributed by atoms with Crippen LogP contribution in [0.25, 0.3) is 0 Å². The summed E-state index contributed by atoms with van der Waals surface area (Å²) in [6.07, 6.45) is 1.13. The molecule has 0 heterocycles. The Hall–Kier alpha value is -1.51. The van der Waals surface area contributed by atoms with Gasteiger partial charge in [-0.25, -0.2) is 0 Å². The first kappa shape index (κ1) is 14.9. The van der Waals surface area contributed by atoms with Gasteiger partial charge < -0.3 is 10.1 Å². The lowest BCUT2D eigenvalue weighted by atomic mass is 10.2. The lowest BCUT2D eigenvalue weighted by Crippen LogP contribution is -2.14. The average Bonchev–Trinajstić information content (AvgIpc) is 2.48. The maximum absolute atomic E-state index is 5.91. The largest absolute Gasteiger partial charge is 0.489 e. The van der Waals surface area contributed by atoms with Crippen molar-refractivity contribution in [3.8, 4) is 5.75 Å². The van der Waals surface area contributed by atoms with Crippen molar-refractivity contribution in [2.75, 3.05) is 6.54 Å². The van der Waals surface area contributed by atoms with E-state index in [2.05, 4.69) is 18.3 Å². The fraction of sp³-hybridized carbons (Fsp3) is 0.294. The first-order valence-corrected chi connectivity index (χ1v) is 7.33. The fourth-order valence-electron chi connectivity index (χ4n) is 1.93. The van der Waals surface area contributed by atoms with Gasteiger partial charge in [0.05, 0.1) is 0 Å². The minimum absolute atomic E-state index is 0.558. The molecule has 0 radical (unpaired) electrons. The van der Waals surface area contributed by atoms with Gasteiger partial charge >= 0.3 is 0 Å². The van der Waals surface area contributed by atoms with E-state index in [1.165, 1.54) is 5.56 Å². The van der Waals surface area contributed by atoms with Gasteiger partial charge in [0.25, 0.3) is 0 Å². The molecule has 3 heteroatoms. The molecule has 0 saturated heterocycles. The zero-order chi connectivity index (χ0) is 14.2. The average molecular weight is 290 g/mol. The molecule has 0 unspecified atom stereocenters. The predicted molar refractivity (Wildman–Crippen MR) is 84.2 cm³/mol. The minimum Gasteiger partial charge on any atom is -0.489 e. The molecule has 0 spiro atoms. The number of nitrogens with one attached hydrogen (secondary N) is 1. The molecular formula is C17H20ClNO. The summed E-state index contributed by atoms with van der Waals surface area (Å²) < 4.78 is 5.91. The molecule has 2 nitrogen and oxygen atoms in total. The van der Waals surface area contributed by atoms with Crippen LogP contribution in [0.1, 0.15) is 24.5 Å². The summed E-state index contributed by atoms with van der Waals surface area (Å²) >= 11 is 5.88. The summed E-state index contributed by atoms with van der Waals surface area (Å²) in [5, 5.41) is 4.15. The van der Waals surface area contributed by atoms with Gasteiger partial charge in [0, 0.05) is 17.1 Å². The normalized spacial score (nSPS) is 10.5. The second-order valence-corrected chi connectivity index (χ2v) is 5.14. The lowest BCUT2D eigenvalue weighted by molar-refractivity contribution is 0.302. The second-order valence-electron chi connectivity index (χ2n) is 4.70. The molecule has 0 aliphatic rings. The van der Waals surface area contributed by atoms with Crippen molar-refractivity contribution >= 4 is 11.6 Å². The molecule has 2 aromatic carbocycles. The Morgan fingerprint density at radius 2 is 1.80 bits per heavy atom. The predicted octanol–water partition coefficient (Wildman–Crippen LogP) is 4.42. The molecule has 0 bridgehead atoms. The van der Waals surface area contributed by atoms with Crippen LogP contribution >= 0.6 is 11.6 Å². The second kappa shape index (κ2) is 7.93. The smallest absolute Gasteiger partial charge is 0.124 e. The maximum atomic E-state index is 5.91. The summed E-state index contributed by atoms with van der Waals surface area (Å²) in [6, 6.07) is 15.9. The number of hydrogen-bond acceptors (Lipinski definition) is 2. The summed E-state index contributed by atoms with van der Waals surface area (Å²) in [4.78, 5) is 0. The van der Waals surface area contributed by atoms with Crippen molar-refractivity contribution in [3.63, 3.8) is 0 Å². The first-order valence-electron chi connectivity index (χ1n) is 6.95. The monoisotopic (exact) mass is 289 g/mol. The summed E-state index contributed by atoms with van der Waals surface area (Å²) in [7, 11) is 0. The number of para-hydroxylation sites is 1. The van der Waals surface area contributed by atoms with Gasteiger partial charge in [-0.05, 0) is 36.7 Å². The minimum atomic E-state index is 0.558. The van der Waals surface area contributed by atoms with Crippen molar-refractivity contribution in [2.45, 2.75) is 26.5 Å². The lowest BCUT2D eigenvalue weighted by Gasteiger charge is -2.12. The summed E-state index contributed by atoms with van der Waals surface area (Å²) in [5.41, 5.74) is 2.31. The highest BCUT2D eigenvalue weighted by Crippen LogP contribution is 2.19. The molecule has 2 aromatic rings. The van der Waals surface area contributed by atoms with E-state index in [4.69, 9.17) is 16.3 Å². The molecule has 0 fully saturated rings. The van der Waals surface area contributed by atoms with Crippen LogP contribution in [0.15, 0.2) is 48.5 Å². The van der Waals surface area contributed by atoms with Crippen LogP contribution in [0.3, 0.4) is 0 Å². The Morgan fingerprint density at radius 3 is 2.55 bits per heavy atom. The van der Waals surface area contributed by atoms with Crippen LogP contribution in [0, 0.1) is 0 Å². The zero-order valence-corrected chi connectivity index (χ0v) is 12.5. The highest BCUT2D eigenvalue weighted by molar-refractivity contribution is 6.30. The van der Waals surface area contributed by atoms with Crippen LogP contribution < -0.4 is 10.1 Å². The molecule has 2 rings (SSSR count). The highest BCUT2D eigenvalue weighted by atomic mass is 35.5. The third kappa shape index (κ3) is 4.55. The van der Waals surface area contributed by atoms with E-state index >= 15 is 0 Å². The first-order chi connectivity index (χ1) is 9.79. The van der Waals surface area contributed by atoms with Crippen molar-refractivity contribution in [1.82, 2.24) is 5.32 Å². The highest BCUT2D eigenvalue weighted by Gasteiger charge is 2.03. The molecule has 20 heavy (non-hydrogen) atoms. The molecular weight excluding hydrogens is 270 g/mol. The van der Waals surface area contributed by atoms with Gasteiger partial charge in [0.15, 0.2) is 0 Å². The number of benzene rings is 2. The standard InChI is InChI=1S/C17H20ClNO/c1-2-11-19-12-15-5-3-4-6-17(15)20-13-14-7-9-16(18)10-8-14/h3-10,19H,2,11-13H2,1H3. The van der Waals surface area contributed by atoms with E-state index in [1.54, 1.807) is 0 Å². The van der Waals surface area contributed by atoms with Gasteiger partial charge in [-0.2, -0.15) is 0 Å². The fourth-order valence-corrected chi connectivity index (χ4v) is 2.06. The van der Waals surface area contributed by atoms with E-state index in [-0.39, 0.29) is 0 Å². The number of rotatable bonds is 7.